The molecule has 0 radical (unpaired) electrons. The van der Waals surface area contributed by atoms with Crippen LogP contribution in [0.2, 0.25) is 0 Å². The first-order valence-corrected chi connectivity index (χ1v) is 10.0. The van der Waals surface area contributed by atoms with E-state index in [9.17, 15) is 4.79 Å². The number of carbonyl (C=O) groups is 1. The quantitative estimate of drug-likeness (QED) is 0.666. The van der Waals surface area contributed by atoms with Crippen LogP contribution in [0.5, 0.6) is 0 Å². The molecule has 24 heavy (non-hydrogen) atoms. The second-order valence-corrected chi connectivity index (χ2v) is 9.41. The Kier molecular flexibility index (Phi) is 3.21. The number of carbonyl (C=O) groups excluding carboxylic acids is 1. The summed E-state index contributed by atoms with van der Waals surface area (Å²) in [6.45, 7) is 6.44. The normalized spacial score (nSPS) is 49.5. The smallest absolute Gasteiger partial charge is 0.174 e. The number of fused-ring (bicyclic) bond motifs is 6. The van der Waals surface area contributed by atoms with Crippen molar-refractivity contribution in [2.45, 2.75) is 71.0 Å². The maximum Gasteiger partial charge on any atom is 0.174 e. The highest BCUT2D eigenvalue weighted by Gasteiger charge is 2.66. The van der Waals surface area contributed by atoms with E-state index in [1.54, 1.807) is 0 Å². The van der Waals surface area contributed by atoms with Crippen molar-refractivity contribution < 1.29 is 14.3 Å². The maximum absolute atomic E-state index is 11.9. The Hall–Kier alpha value is -0.670. The van der Waals surface area contributed by atoms with Gasteiger partial charge in [0.25, 0.3) is 0 Å². The molecule has 0 aromatic carbocycles. The average Bonchev–Trinajstić information content (AvgIpc) is 3.15. The second kappa shape index (κ2) is 4.94. The summed E-state index contributed by atoms with van der Waals surface area (Å²) in [6, 6.07) is 0. The van der Waals surface area contributed by atoms with Gasteiger partial charge in [0.1, 0.15) is 0 Å². The zero-order valence-electron chi connectivity index (χ0n) is 15.1. The van der Waals surface area contributed by atoms with Gasteiger partial charge in [-0.1, -0.05) is 19.4 Å². The number of hydrogen-bond acceptors (Lipinski definition) is 3. The molecule has 5 atom stereocenters. The Labute approximate surface area is 145 Å². The summed E-state index contributed by atoms with van der Waals surface area (Å²) in [5.74, 6) is 2.33. The molecule has 5 rings (SSSR count). The van der Waals surface area contributed by atoms with E-state index in [2.05, 4.69) is 13.8 Å². The van der Waals surface area contributed by atoms with Gasteiger partial charge in [-0.3, -0.25) is 4.79 Å². The first-order chi connectivity index (χ1) is 11.5. The summed E-state index contributed by atoms with van der Waals surface area (Å²) in [5.41, 5.74) is 1.92. The lowest BCUT2D eigenvalue weighted by molar-refractivity contribution is -0.242. The average molecular weight is 330 g/mol. The second-order valence-electron chi connectivity index (χ2n) is 9.41. The fraction of sp³-hybridized carbons (Fsp3) is 0.857. The molecule has 1 spiro atoms. The number of hydrogen-bond donors (Lipinski definition) is 0. The SMILES string of the molecule is CC12CCC(=O)C=C1CCC1[C@@H]2CCC2(C)[C@H]1CCC21OCCO1. The molecule has 3 nitrogen and oxygen atoms in total. The Balaban J connectivity index is 1.49. The van der Waals surface area contributed by atoms with Crippen molar-refractivity contribution >= 4 is 5.78 Å². The molecule has 0 N–H and O–H groups in total. The van der Waals surface area contributed by atoms with Crippen LogP contribution in [0.4, 0.5) is 0 Å². The Bertz CT molecular complexity index is 602. The van der Waals surface area contributed by atoms with Crippen LogP contribution < -0.4 is 0 Å². The molecule has 1 saturated heterocycles. The molecule has 4 fully saturated rings. The van der Waals surface area contributed by atoms with Crippen molar-refractivity contribution in [3.8, 4) is 0 Å². The summed E-state index contributed by atoms with van der Waals surface area (Å²) in [6.07, 6.45) is 11.0. The van der Waals surface area contributed by atoms with Crippen LogP contribution in [0.15, 0.2) is 11.6 Å². The van der Waals surface area contributed by atoms with Gasteiger partial charge in [0, 0.05) is 18.3 Å². The highest BCUT2D eigenvalue weighted by Crippen LogP contribution is 2.68. The number of rotatable bonds is 0. The van der Waals surface area contributed by atoms with E-state index >= 15 is 0 Å². The minimum Gasteiger partial charge on any atom is -0.347 e. The number of allylic oxidation sites excluding steroid dienone is 1. The molecule has 0 aromatic rings. The van der Waals surface area contributed by atoms with Crippen LogP contribution in [-0.2, 0) is 14.3 Å². The van der Waals surface area contributed by atoms with Gasteiger partial charge in [0.15, 0.2) is 11.6 Å². The van der Waals surface area contributed by atoms with Crippen LogP contribution in [-0.4, -0.2) is 24.8 Å². The monoisotopic (exact) mass is 330 g/mol. The van der Waals surface area contributed by atoms with Crippen LogP contribution in [0.1, 0.15) is 65.2 Å². The molecular weight excluding hydrogens is 300 g/mol. The predicted molar refractivity (Wildman–Crippen MR) is 91.3 cm³/mol. The van der Waals surface area contributed by atoms with Gasteiger partial charge in [-0.15, -0.1) is 0 Å². The molecule has 3 heteroatoms. The van der Waals surface area contributed by atoms with E-state index in [1.165, 1.54) is 31.3 Å². The molecule has 3 unspecified atom stereocenters. The van der Waals surface area contributed by atoms with Gasteiger partial charge in [-0.25, -0.2) is 0 Å². The number of ketones is 1. The largest absolute Gasteiger partial charge is 0.347 e. The van der Waals surface area contributed by atoms with Crippen molar-refractivity contribution in [3.05, 3.63) is 11.6 Å². The van der Waals surface area contributed by atoms with Crippen molar-refractivity contribution in [2.24, 2.45) is 28.6 Å². The summed E-state index contributed by atoms with van der Waals surface area (Å²) in [7, 11) is 0. The third kappa shape index (κ3) is 1.78. The first-order valence-electron chi connectivity index (χ1n) is 10.0. The molecule has 0 amide bonds. The fourth-order valence-electron chi connectivity index (χ4n) is 7.44. The highest BCUT2D eigenvalue weighted by molar-refractivity contribution is 5.91. The molecule has 1 aliphatic heterocycles. The zero-order chi connectivity index (χ0) is 16.6. The van der Waals surface area contributed by atoms with Gasteiger partial charge < -0.3 is 9.47 Å². The lowest BCUT2D eigenvalue weighted by Crippen LogP contribution is -2.55. The third-order valence-electron chi connectivity index (χ3n) is 8.76. The molecule has 0 bridgehead atoms. The lowest BCUT2D eigenvalue weighted by atomic mass is 9.47. The van der Waals surface area contributed by atoms with E-state index < -0.39 is 0 Å². The standard InChI is InChI=1S/C21H30O3/c1-19-8-5-15(22)13-14(19)3-4-16-17(19)6-9-20(2)18(16)7-10-21(20)23-11-12-24-21/h13,16-18H,3-12H2,1-2H3/t16?,17-,18-,19?,20?/m0/s1. The minimum atomic E-state index is -0.289. The van der Waals surface area contributed by atoms with E-state index in [4.69, 9.17) is 9.47 Å². The Morgan fingerprint density at radius 1 is 0.958 bits per heavy atom. The van der Waals surface area contributed by atoms with Gasteiger partial charge in [0.05, 0.1) is 13.2 Å². The van der Waals surface area contributed by atoms with E-state index in [-0.39, 0.29) is 16.6 Å². The van der Waals surface area contributed by atoms with Gasteiger partial charge in [-0.2, -0.15) is 0 Å². The third-order valence-corrected chi connectivity index (χ3v) is 8.76. The van der Waals surface area contributed by atoms with Crippen molar-refractivity contribution in [2.75, 3.05) is 13.2 Å². The topological polar surface area (TPSA) is 35.5 Å². The summed E-state index contributed by atoms with van der Waals surface area (Å²) >= 11 is 0. The molecule has 132 valence electrons. The molecule has 0 aromatic heterocycles. The van der Waals surface area contributed by atoms with Crippen molar-refractivity contribution in [3.63, 3.8) is 0 Å². The molecule has 3 saturated carbocycles. The lowest BCUT2D eigenvalue weighted by Gasteiger charge is -2.58. The van der Waals surface area contributed by atoms with Gasteiger partial charge in [-0.05, 0) is 67.8 Å². The van der Waals surface area contributed by atoms with Crippen molar-refractivity contribution in [1.29, 1.82) is 0 Å². The highest BCUT2D eigenvalue weighted by atomic mass is 16.7. The first kappa shape index (κ1) is 15.6. The summed E-state index contributed by atoms with van der Waals surface area (Å²) in [4.78, 5) is 11.9. The van der Waals surface area contributed by atoms with Crippen LogP contribution >= 0.6 is 0 Å². The fourth-order valence-corrected chi connectivity index (χ4v) is 7.44. The zero-order valence-corrected chi connectivity index (χ0v) is 15.1. The van der Waals surface area contributed by atoms with E-state index in [1.807, 2.05) is 6.08 Å². The molecule has 1 heterocycles. The predicted octanol–water partition coefficient (Wildman–Crippen LogP) is 4.26. The van der Waals surface area contributed by atoms with Crippen LogP contribution in [0, 0.1) is 28.6 Å². The Morgan fingerprint density at radius 3 is 2.50 bits per heavy atom. The Morgan fingerprint density at radius 2 is 1.71 bits per heavy atom. The van der Waals surface area contributed by atoms with Gasteiger partial charge >= 0.3 is 0 Å². The molecule has 5 aliphatic rings. The maximum atomic E-state index is 11.9. The van der Waals surface area contributed by atoms with Crippen LogP contribution in [0.3, 0.4) is 0 Å². The molecule has 4 aliphatic carbocycles. The summed E-state index contributed by atoms with van der Waals surface area (Å²) in [5, 5.41) is 0. The number of ether oxygens (including phenoxy) is 2. The van der Waals surface area contributed by atoms with Gasteiger partial charge in [0.2, 0.25) is 0 Å². The van der Waals surface area contributed by atoms with E-state index in [0.29, 0.717) is 5.78 Å². The summed E-state index contributed by atoms with van der Waals surface area (Å²) < 4.78 is 12.4. The van der Waals surface area contributed by atoms with Crippen LogP contribution in [0.25, 0.3) is 0 Å². The van der Waals surface area contributed by atoms with E-state index in [0.717, 1.165) is 56.7 Å². The minimum absolute atomic E-state index is 0.187. The molecular formula is C21H30O3. The van der Waals surface area contributed by atoms with Crippen molar-refractivity contribution in [1.82, 2.24) is 0 Å².